The van der Waals surface area contributed by atoms with Gasteiger partial charge in [0, 0.05) is 38.8 Å². The van der Waals surface area contributed by atoms with Crippen molar-refractivity contribution < 1.29 is 0 Å². The van der Waals surface area contributed by atoms with Crippen LogP contribution in [0.15, 0.2) is 41.7 Å². The molecule has 0 amide bonds. The summed E-state index contributed by atoms with van der Waals surface area (Å²) in [6.45, 7) is 12.5. The van der Waals surface area contributed by atoms with E-state index < -0.39 is 0 Å². The van der Waals surface area contributed by atoms with Gasteiger partial charge in [-0.2, -0.15) is 5.10 Å². The van der Waals surface area contributed by atoms with Crippen LogP contribution in [0.2, 0.25) is 0 Å². The fourth-order valence-electron chi connectivity index (χ4n) is 3.58. The molecule has 5 nitrogen and oxygen atoms in total. The van der Waals surface area contributed by atoms with E-state index in [1.807, 2.05) is 17.9 Å². The molecule has 0 bridgehead atoms. The molecule has 1 fully saturated rings. The summed E-state index contributed by atoms with van der Waals surface area (Å²) in [6, 6.07) is 8.87. The number of rotatable bonds is 4. The summed E-state index contributed by atoms with van der Waals surface area (Å²) in [4.78, 5) is 7.28. The third-order valence-electron chi connectivity index (χ3n) is 5.25. The molecule has 6 heteroatoms. The fourth-order valence-corrected chi connectivity index (χ4v) is 3.58. The molecule has 1 N–H and O–H groups in total. The van der Waals surface area contributed by atoms with Crippen LogP contribution in [0, 0.1) is 0 Å². The van der Waals surface area contributed by atoms with Crippen molar-refractivity contribution >= 4 is 29.9 Å². The van der Waals surface area contributed by atoms with Gasteiger partial charge in [0.05, 0.1) is 12.7 Å². The van der Waals surface area contributed by atoms with E-state index >= 15 is 0 Å². The van der Waals surface area contributed by atoms with Crippen LogP contribution >= 0.6 is 24.0 Å². The van der Waals surface area contributed by atoms with Crippen LogP contribution in [0.4, 0.5) is 0 Å². The number of guanidine groups is 1. The van der Waals surface area contributed by atoms with Crippen molar-refractivity contribution in [2.24, 2.45) is 12.0 Å². The van der Waals surface area contributed by atoms with Crippen LogP contribution in [0.3, 0.4) is 0 Å². The lowest BCUT2D eigenvalue weighted by molar-refractivity contribution is 0.486. The molecule has 1 unspecified atom stereocenters. The third kappa shape index (κ3) is 5.72. The van der Waals surface area contributed by atoms with Crippen molar-refractivity contribution in [2.75, 3.05) is 19.6 Å². The summed E-state index contributed by atoms with van der Waals surface area (Å²) in [6.07, 6.45) is 5.28. The summed E-state index contributed by atoms with van der Waals surface area (Å²) in [5.74, 6) is 1.55. The van der Waals surface area contributed by atoms with Gasteiger partial charge in [-0.15, -0.1) is 24.0 Å². The molecule has 2 heterocycles. The number of likely N-dealkylation sites (tertiary alicyclic amines) is 1. The average molecular weight is 495 g/mol. The zero-order valence-corrected chi connectivity index (χ0v) is 20.1. The second-order valence-electron chi connectivity index (χ2n) is 8.50. The minimum absolute atomic E-state index is 0. The third-order valence-corrected chi connectivity index (χ3v) is 5.25. The average Bonchev–Trinajstić information content (AvgIpc) is 3.27. The van der Waals surface area contributed by atoms with Crippen LogP contribution < -0.4 is 5.32 Å². The molecule has 3 rings (SSSR count). The van der Waals surface area contributed by atoms with Gasteiger partial charge in [0.2, 0.25) is 0 Å². The lowest BCUT2D eigenvalue weighted by Crippen LogP contribution is -2.40. The van der Waals surface area contributed by atoms with Gasteiger partial charge < -0.3 is 10.2 Å². The number of nitrogens with zero attached hydrogens (tertiary/aromatic N) is 4. The quantitative estimate of drug-likeness (QED) is 0.391. The fraction of sp³-hybridized carbons (Fsp3) is 0.545. The van der Waals surface area contributed by atoms with E-state index in [2.05, 4.69) is 73.5 Å². The largest absolute Gasteiger partial charge is 0.357 e. The lowest BCUT2D eigenvalue weighted by Gasteiger charge is -2.22. The minimum atomic E-state index is 0. The summed E-state index contributed by atoms with van der Waals surface area (Å²) < 4.78 is 1.89. The minimum Gasteiger partial charge on any atom is -0.357 e. The zero-order valence-electron chi connectivity index (χ0n) is 17.8. The van der Waals surface area contributed by atoms with Gasteiger partial charge in [-0.05, 0) is 35.4 Å². The molecule has 0 saturated carbocycles. The Bertz CT molecular complexity index is 773. The molecule has 1 aromatic carbocycles. The molecule has 1 saturated heterocycles. The predicted octanol–water partition coefficient (Wildman–Crippen LogP) is 4.29. The first-order chi connectivity index (χ1) is 12.9. The Morgan fingerprint density at radius 3 is 2.54 bits per heavy atom. The maximum atomic E-state index is 4.90. The van der Waals surface area contributed by atoms with E-state index in [-0.39, 0.29) is 29.4 Å². The van der Waals surface area contributed by atoms with Crippen molar-refractivity contribution in [1.29, 1.82) is 0 Å². The van der Waals surface area contributed by atoms with Crippen molar-refractivity contribution in [1.82, 2.24) is 20.0 Å². The summed E-state index contributed by atoms with van der Waals surface area (Å²) in [5.41, 5.74) is 4.13. The molecule has 0 spiro atoms. The van der Waals surface area contributed by atoms with Gasteiger partial charge in [-0.25, -0.2) is 4.99 Å². The molecule has 1 atom stereocenters. The van der Waals surface area contributed by atoms with Gasteiger partial charge in [0.25, 0.3) is 0 Å². The topological polar surface area (TPSA) is 45.5 Å². The highest BCUT2D eigenvalue weighted by Gasteiger charge is 2.26. The van der Waals surface area contributed by atoms with Crippen molar-refractivity contribution in [3.63, 3.8) is 0 Å². The summed E-state index contributed by atoms with van der Waals surface area (Å²) in [5, 5.41) is 7.78. The molecule has 154 valence electrons. The number of aliphatic imine (C=N–C) groups is 1. The van der Waals surface area contributed by atoms with E-state index in [0.717, 1.165) is 32.0 Å². The molecule has 0 radical (unpaired) electrons. The number of hydrogen-bond acceptors (Lipinski definition) is 2. The Hall–Kier alpha value is -1.57. The molecule has 1 aromatic heterocycles. The molecular formula is C22H34IN5. The number of nitrogens with one attached hydrogen (secondary N) is 1. The molecule has 1 aliphatic rings. The SMILES string of the molecule is CCNC(=NCc1ccc(C(C)(C)C)cc1)N1CCC(c2cnn(C)c2)C1.I. The Morgan fingerprint density at radius 1 is 1.25 bits per heavy atom. The Kier molecular flexibility index (Phi) is 7.92. The van der Waals surface area contributed by atoms with Gasteiger partial charge >= 0.3 is 0 Å². The number of benzene rings is 1. The molecule has 1 aliphatic heterocycles. The van der Waals surface area contributed by atoms with Crippen LogP contribution in [-0.2, 0) is 19.0 Å². The molecule has 0 aliphatic carbocycles. The van der Waals surface area contributed by atoms with E-state index in [1.165, 1.54) is 16.7 Å². The first kappa shape index (κ1) is 22.7. The van der Waals surface area contributed by atoms with Gasteiger partial charge in [-0.1, -0.05) is 45.0 Å². The maximum absolute atomic E-state index is 4.90. The molecular weight excluding hydrogens is 461 g/mol. The first-order valence-electron chi connectivity index (χ1n) is 9.98. The molecule has 28 heavy (non-hydrogen) atoms. The van der Waals surface area contributed by atoms with E-state index in [1.54, 1.807) is 0 Å². The van der Waals surface area contributed by atoms with Crippen LogP contribution in [0.5, 0.6) is 0 Å². The second-order valence-corrected chi connectivity index (χ2v) is 8.50. The number of aryl methyl sites for hydroxylation is 1. The normalized spacial score (nSPS) is 17.5. The maximum Gasteiger partial charge on any atom is 0.194 e. The first-order valence-corrected chi connectivity index (χ1v) is 9.98. The van der Waals surface area contributed by atoms with E-state index in [9.17, 15) is 0 Å². The van der Waals surface area contributed by atoms with Crippen molar-refractivity contribution in [3.05, 3.63) is 53.3 Å². The van der Waals surface area contributed by atoms with Gasteiger partial charge in [0.15, 0.2) is 5.96 Å². The lowest BCUT2D eigenvalue weighted by atomic mass is 9.87. The van der Waals surface area contributed by atoms with E-state index in [4.69, 9.17) is 4.99 Å². The monoisotopic (exact) mass is 495 g/mol. The standard InChI is InChI=1S/C22H33N5.HI/c1-6-23-21(24-13-17-7-9-20(10-8-17)22(2,3)4)27-12-11-18(16-27)19-14-25-26(5)15-19;/h7-10,14-15,18H,6,11-13,16H2,1-5H3,(H,23,24);1H. The number of halogens is 1. The Balaban J connectivity index is 0.00000280. The van der Waals surface area contributed by atoms with Crippen LogP contribution in [0.1, 0.15) is 56.7 Å². The van der Waals surface area contributed by atoms with Gasteiger partial charge in [-0.3, -0.25) is 4.68 Å². The van der Waals surface area contributed by atoms with Gasteiger partial charge in [0.1, 0.15) is 0 Å². The number of hydrogen-bond donors (Lipinski definition) is 1. The van der Waals surface area contributed by atoms with Crippen LogP contribution in [-0.4, -0.2) is 40.3 Å². The highest BCUT2D eigenvalue weighted by molar-refractivity contribution is 14.0. The highest BCUT2D eigenvalue weighted by atomic mass is 127. The summed E-state index contributed by atoms with van der Waals surface area (Å²) in [7, 11) is 1.98. The van der Waals surface area contributed by atoms with Crippen LogP contribution in [0.25, 0.3) is 0 Å². The second kappa shape index (κ2) is 9.76. The number of aromatic nitrogens is 2. The summed E-state index contributed by atoms with van der Waals surface area (Å²) >= 11 is 0. The Labute approximate surface area is 186 Å². The molecule has 2 aromatic rings. The zero-order chi connectivity index (χ0) is 19.4. The Morgan fingerprint density at radius 2 is 1.96 bits per heavy atom. The predicted molar refractivity (Wildman–Crippen MR) is 128 cm³/mol. The highest BCUT2D eigenvalue weighted by Crippen LogP contribution is 2.27. The van der Waals surface area contributed by atoms with Crippen molar-refractivity contribution in [3.8, 4) is 0 Å². The van der Waals surface area contributed by atoms with Crippen molar-refractivity contribution in [2.45, 2.75) is 52.0 Å². The van der Waals surface area contributed by atoms with E-state index in [0.29, 0.717) is 12.5 Å². The smallest absolute Gasteiger partial charge is 0.194 e.